The lowest BCUT2D eigenvalue weighted by atomic mass is 10.2. The van der Waals surface area contributed by atoms with E-state index in [2.05, 4.69) is 18.7 Å². The van der Waals surface area contributed by atoms with Crippen LogP contribution in [0.4, 0.5) is 5.69 Å². The van der Waals surface area contributed by atoms with E-state index in [0.717, 1.165) is 13.1 Å². The Kier molecular flexibility index (Phi) is 7.31. The Balaban J connectivity index is 2.88. The fourth-order valence-electron chi connectivity index (χ4n) is 1.95. The average Bonchev–Trinajstić information content (AvgIpc) is 2.51. The van der Waals surface area contributed by atoms with Crippen LogP contribution < -0.4 is 4.74 Å². The van der Waals surface area contributed by atoms with Crippen molar-refractivity contribution in [3.05, 3.63) is 33.9 Å². The van der Waals surface area contributed by atoms with E-state index in [-0.39, 0.29) is 17.9 Å². The number of rotatable bonds is 9. The van der Waals surface area contributed by atoms with Crippen LogP contribution in [0.25, 0.3) is 0 Å². The summed E-state index contributed by atoms with van der Waals surface area (Å²) in [6.45, 7) is 8.91. The summed E-state index contributed by atoms with van der Waals surface area (Å²) in [7, 11) is 0. The number of carbonyl (C=O) groups excluding carboxylic acids is 1. The molecule has 0 amide bonds. The molecular weight excluding hydrogens is 288 g/mol. The Hall–Kier alpha value is -2.15. The Morgan fingerprint density at radius 1 is 1.27 bits per heavy atom. The van der Waals surface area contributed by atoms with Gasteiger partial charge in [-0.1, -0.05) is 13.8 Å². The van der Waals surface area contributed by atoms with Gasteiger partial charge in [-0.3, -0.25) is 10.1 Å². The van der Waals surface area contributed by atoms with Gasteiger partial charge in [-0.15, -0.1) is 0 Å². The van der Waals surface area contributed by atoms with E-state index in [1.165, 1.54) is 18.2 Å². The number of nitro benzene ring substituents is 1. The van der Waals surface area contributed by atoms with Gasteiger partial charge >= 0.3 is 5.97 Å². The van der Waals surface area contributed by atoms with E-state index in [0.29, 0.717) is 18.9 Å². The largest absolute Gasteiger partial charge is 0.491 e. The number of non-ortho nitro benzene ring substituents is 1. The first-order chi connectivity index (χ1) is 10.5. The molecule has 7 heteroatoms. The van der Waals surface area contributed by atoms with Crippen molar-refractivity contribution in [2.24, 2.45) is 0 Å². The Morgan fingerprint density at radius 3 is 2.50 bits per heavy atom. The van der Waals surface area contributed by atoms with Crippen LogP contribution in [0.2, 0.25) is 0 Å². The van der Waals surface area contributed by atoms with Crippen LogP contribution in [0.5, 0.6) is 5.75 Å². The molecule has 0 heterocycles. The number of nitro groups is 1. The quantitative estimate of drug-likeness (QED) is 0.396. The predicted octanol–water partition coefficient (Wildman–Crippen LogP) is 2.49. The molecule has 122 valence electrons. The van der Waals surface area contributed by atoms with E-state index < -0.39 is 10.9 Å². The lowest BCUT2D eigenvalue weighted by molar-refractivity contribution is -0.384. The van der Waals surface area contributed by atoms with Crippen molar-refractivity contribution in [1.29, 1.82) is 0 Å². The molecule has 1 rings (SSSR count). The molecule has 0 aromatic heterocycles. The smallest absolute Gasteiger partial charge is 0.342 e. The normalized spacial score (nSPS) is 10.5. The summed E-state index contributed by atoms with van der Waals surface area (Å²) in [5, 5.41) is 10.8. The zero-order valence-electron chi connectivity index (χ0n) is 13.2. The lowest BCUT2D eigenvalue weighted by Gasteiger charge is -2.18. The predicted molar refractivity (Wildman–Crippen MR) is 82.3 cm³/mol. The van der Waals surface area contributed by atoms with Gasteiger partial charge in [-0.25, -0.2) is 4.79 Å². The SMILES string of the molecule is CCOC(=O)c1cc([N+](=O)[O-])ccc1OCCN(CC)CC. The average molecular weight is 310 g/mol. The van der Waals surface area contributed by atoms with Gasteiger partial charge in [-0.05, 0) is 26.1 Å². The van der Waals surface area contributed by atoms with Gasteiger partial charge in [-0.2, -0.15) is 0 Å². The Bertz CT molecular complexity index is 515. The highest BCUT2D eigenvalue weighted by Gasteiger charge is 2.19. The van der Waals surface area contributed by atoms with Gasteiger partial charge in [0.25, 0.3) is 5.69 Å². The maximum absolute atomic E-state index is 11.9. The second-order valence-electron chi connectivity index (χ2n) is 4.53. The minimum Gasteiger partial charge on any atom is -0.491 e. The molecule has 0 aliphatic rings. The second kappa shape index (κ2) is 8.99. The standard InChI is InChI=1S/C15H22N2O5/c1-4-16(5-2)9-10-22-14-8-7-12(17(19)20)11-13(14)15(18)21-6-3/h7-8,11H,4-6,9-10H2,1-3H3. The first-order valence-electron chi connectivity index (χ1n) is 7.34. The molecule has 0 N–H and O–H groups in total. The minimum absolute atomic E-state index is 0.0793. The van der Waals surface area contributed by atoms with Crippen LogP contribution in [0, 0.1) is 10.1 Å². The van der Waals surface area contributed by atoms with Crippen LogP contribution in [-0.4, -0.2) is 48.6 Å². The summed E-state index contributed by atoms with van der Waals surface area (Å²) >= 11 is 0. The van der Waals surface area contributed by atoms with Crippen molar-refractivity contribution in [3.8, 4) is 5.75 Å². The molecule has 0 aliphatic carbocycles. The molecule has 0 bridgehead atoms. The van der Waals surface area contributed by atoms with Crippen molar-refractivity contribution < 1.29 is 19.2 Å². The molecule has 0 atom stereocenters. The zero-order valence-corrected chi connectivity index (χ0v) is 13.2. The number of carbonyl (C=O) groups is 1. The molecule has 0 saturated carbocycles. The fraction of sp³-hybridized carbons (Fsp3) is 0.533. The lowest BCUT2D eigenvalue weighted by Crippen LogP contribution is -2.28. The van der Waals surface area contributed by atoms with Crippen LogP contribution in [-0.2, 0) is 4.74 Å². The van der Waals surface area contributed by atoms with E-state index >= 15 is 0 Å². The van der Waals surface area contributed by atoms with Gasteiger partial charge in [0.15, 0.2) is 0 Å². The number of likely N-dealkylation sites (N-methyl/N-ethyl adjacent to an activating group) is 1. The van der Waals surface area contributed by atoms with Crippen molar-refractivity contribution in [3.63, 3.8) is 0 Å². The molecule has 22 heavy (non-hydrogen) atoms. The molecule has 0 saturated heterocycles. The molecule has 1 aromatic rings. The van der Waals surface area contributed by atoms with E-state index in [1.807, 2.05) is 0 Å². The number of hydrogen-bond donors (Lipinski definition) is 0. The highest BCUT2D eigenvalue weighted by atomic mass is 16.6. The number of benzene rings is 1. The van der Waals surface area contributed by atoms with Crippen molar-refractivity contribution in [1.82, 2.24) is 4.90 Å². The molecule has 7 nitrogen and oxygen atoms in total. The third kappa shape index (κ3) is 5.00. The summed E-state index contributed by atoms with van der Waals surface area (Å²) in [5.41, 5.74) is -0.0882. The molecule has 0 fully saturated rings. The maximum atomic E-state index is 11.9. The molecule has 0 aliphatic heterocycles. The first kappa shape index (κ1) is 17.9. The summed E-state index contributed by atoms with van der Waals surface area (Å²) in [5.74, 6) is -0.319. The third-order valence-electron chi connectivity index (χ3n) is 3.23. The molecular formula is C15H22N2O5. The summed E-state index contributed by atoms with van der Waals surface area (Å²) in [6.07, 6.45) is 0. The summed E-state index contributed by atoms with van der Waals surface area (Å²) in [4.78, 5) is 24.4. The van der Waals surface area contributed by atoms with Crippen molar-refractivity contribution in [2.45, 2.75) is 20.8 Å². The van der Waals surface area contributed by atoms with Crippen LogP contribution >= 0.6 is 0 Å². The monoisotopic (exact) mass is 310 g/mol. The fourth-order valence-corrected chi connectivity index (χ4v) is 1.95. The summed E-state index contributed by atoms with van der Waals surface area (Å²) in [6, 6.07) is 3.94. The van der Waals surface area contributed by atoms with Crippen LogP contribution in [0.15, 0.2) is 18.2 Å². The third-order valence-corrected chi connectivity index (χ3v) is 3.23. The van der Waals surface area contributed by atoms with Gasteiger partial charge in [0.2, 0.25) is 0 Å². The minimum atomic E-state index is -0.621. The zero-order chi connectivity index (χ0) is 16.5. The topological polar surface area (TPSA) is 81.9 Å². The van der Waals surface area contributed by atoms with Gasteiger partial charge in [0.05, 0.1) is 11.5 Å². The second-order valence-corrected chi connectivity index (χ2v) is 4.53. The number of hydrogen-bond acceptors (Lipinski definition) is 6. The number of esters is 1. The van der Waals surface area contributed by atoms with Crippen molar-refractivity contribution in [2.75, 3.05) is 32.8 Å². The van der Waals surface area contributed by atoms with Crippen LogP contribution in [0.1, 0.15) is 31.1 Å². The molecule has 0 radical (unpaired) electrons. The summed E-state index contributed by atoms with van der Waals surface area (Å²) < 4.78 is 10.5. The van der Waals surface area contributed by atoms with Gasteiger partial charge in [0, 0.05) is 18.7 Å². The highest BCUT2D eigenvalue weighted by Crippen LogP contribution is 2.25. The molecule has 1 aromatic carbocycles. The first-order valence-corrected chi connectivity index (χ1v) is 7.34. The highest BCUT2D eigenvalue weighted by molar-refractivity contribution is 5.93. The van der Waals surface area contributed by atoms with E-state index in [9.17, 15) is 14.9 Å². The number of ether oxygens (including phenoxy) is 2. The molecule has 0 unspecified atom stereocenters. The Labute approximate surface area is 130 Å². The van der Waals surface area contributed by atoms with E-state index in [1.54, 1.807) is 6.92 Å². The number of nitrogens with zero attached hydrogens (tertiary/aromatic N) is 2. The van der Waals surface area contributed by atoms with Crippen LogP contribution in [0.3, 0.4) is 0 Å². The van der Waals surface area contributed by atoms with Gasteiger partial charge < -0.3 is 14.4 Å². The Morgan fingerprint density at radius 2 is 1.95 bits per heavy atom. The van der Waals surface area contributed by atoms with Crippen molar-refractivity contribution >= 4 is 11.7 Å². The maximum Gasteiger partial charge on any atom is 0.342 e. The van der Waals surface area contributed by atoms with Gasteiger partial charge in [0.1, 0.15) is 17.9 Å². The van der Waals surface area contributed by atoms with E-state index in [4.69, 9.17) is 9.47 Å². The molecule has 0 spiro atoms.